The van der Waals surface area contributed by atoms with E-state index >= 15 is 0 Å². The van der Waals surface area contributed by atoms with E-state index in [1.165, 1.54) is 6.42 Å². The number of halogens is 2. The summed E-state index contributed by atoms with van der Waals surface area (Å²) in [6.45, 7) is 10.8. The Morgan fingerprint density at radius 1 is 1.15 bits per heavy atom. The Labute approximate surface area is 133 Å². The van der Waals surface area contributed by atoms with E-state index in [0.29, 0.717) is 10.0 Å². The minimum Gasteiger partial charge on any atom is -0.310 e. The molecule has 0 aliphatic carbocycles. The van der Waals surface area contributed by atoms with Crippen LogP contribution in [-0.2, 0) is 0 Å². The lowest BCUT2D eigenvalue weighted by molar-refractivity contribution is 0.270. The molecule has 1 aromatic carbocycles. The fraction of sp³-hybridized carbons (Fsp3) is 0.625. The molecule has 1 unspecified atom stereocenters. The number of hydrogen-bond acceptors (Lipinski definition) is 2. The first-order valence-electron chi connectivity index (χ1n) is 7.53. The van der Waals surface area contributed by atoms with Crippen LogP contribution in [-0.4, -0.2) is 31.1 Å². The predicted octanol–water partition coefficient (Wildman–Crippen LogP) is 4.77. The van der Waals surface area contributed by atoms with E-state index in [1.807, 2.05) is 12.1 Å². The van der Waals surface area contributed by atoms with Crippen molar-refractivity contribution in [3.63, 3.8) is 0 Å². The van der Waals surface area contributed by atoms with Crippen LogP contribution in [0.4, 0.5) is 0 Å². The molecular formula is C16H26Cl2N2. The van der Waals surface area contributed by atoms with Crippen LogP contribution in [0.5, 0.6) is 0 Å². The smallest absolute Gasteiger partial charge is 0.0640 e. The van der Waals surface area contributed by atoms with Gasteiger partial charge in [0.05, 0.1) is 10.0 Å². The maximum Gasteiger partial charge on any atom is 0.0640 e. The molecule has 0 aliphatic heterocycles. The SMILES string of the molecule is CCCN(CC)CCC(NCC)c1cccc(Cl)c1Cl. The van der Waals surface area contributed by atoms with Gasteiger partial charge in [0.15, 0.2) is 0 Å². The van der Waals surface area contributed by atoms with Crippen molar-refractivity contribution in [3.05, 3.63) is 33.8 Å². The van der Waals surface area contributed by atoms with Crippen LogP contribution in [0.2, 0.25) is 10.0 Å². The predicted molar refractivity (Wildman–Crippen MR) is 89.9 cm³/mol. The lowest BCUT2D eigenvalue weighted by atomic mass is 10.0. The molecule has 0 spiro atoms. The second-order valence-electron chi connectivity index (χ2n) is 4.98. The molecule has 0 saturated heterocycles. The van der Waals surface area contributed by atoms with Gasteiger partial charge in [0.1, 0.15) is 0 Å². The molecule has 0 aliphatic rings. The van der Waals surface area contributed by atoms with Gasteiger partial charge >= 0.3 is 0 Å². The highest BCUT2D eigenvalue weighted by atomic mass is 35.5. The van der Waals surface area contributed by atoms with Gasteiger partial charge in [-0.3, -0.25) is 0 Å². The molecular weight excluding hydrogens is 291 g/mol. The van der Waals surface area contributed by atoms with E-state index in [9.17, 15) is 0 Å². The molecule has 0 radical (unpaired) electrons. The third kappa shape index (κ3) is 5.25. The minimum absolute atomic E-state index is 0.261. The summed E-state index contributed by atoms with van der Waals surface area (Å²) in [5.41, 5.74) is 1.11. The highest BCUT2D eigenvalue weighted by molar-refractivity contribution is 6.42. The van der Waals surface area contributed by atoms with Crippen LogP contribution in [0.3, 0.4) is 0 Å². The van der Waals surface area contributed by atoms with Gasteiger partial charge < -0.3 is 10.2 Å². The van der Waals surface area contributed by atoms with E-state index in [0.717, 1.165) is 38.2 Å². The van der Waals surface area contributed by atoms with Crippen molar-refractivity contribution in [3.8, 4) is 0 Å². The first kappa shape index (κ1) is 17.8. The summed E-state index contributed by atoms with van der Waals surface area (Å²) in [6.07, 6.45) is 2.24. The largest absolute Gasteiger partial charge is 0.310 e. The Kier molecular flexibility index (Phi) is 8.55. The molecule has 1 N–H and O–H groups in total. The van der Waals surface area contributed by atoms with Crippen molar-refractivity contribution in [1.29, 1.82) is 0 Å². The standard InChI is InChI=1S/C16H26Cl2N2/c1-4-11-20(6-3)12-10-15(19-5-2)13-8-7-9-14(17)16(13)18/h7-9,15,19H,4-6,10-12H2,1-3H3. The first-order chi connectivity index (χ1) is 9.63. The van der Waals surface area contributed by atoms with Gasteiger partial charge in [-0.25, -0.2) is 0 Å². The molecule has 0 fully saturated rings. The maximum absolute atomic E-state index is 6.35. The molecule has 0 heterocycles. The number of rotatable bonds is 9. The Balaban J connectivity index is 2.75. The molecule has 0 bridgehead atoms. The lowest BCUT2D eigenvalue weighted by Crippen LogP contribution is -2.30. The molecule has 4 heteroatoms. The second kappa shape index (κ2) is 9.62. The highest BCUT2D eigenvalue weighted by Gasteiger charge is 2.16. The Morgan fingerprint density at radius 2 is 1.90 bits per heavy atom. The number of benzene rings is 1. The molecule has 1 atom stereocenters. The average molecular weight is 317 g/mol. The zero-order valence-corrected chi connectivity index (χ0v) is 14.3. The van der Waals surface area contributed by atoms with Gasteiger partial charge in [0.25, 0.3) is 0 Å². The van der Waals surface area contributed by atoms with Crippen LogP contribution >= 0.6 is 23.2 Å². The summed E-state index contributed by atoms with van der Waals surface area (Å²) < 4.78 is 0. The van der Waals surface area contributed by atoms with Gasteiger partial charge in [-0.2, -0.15) is 0 Å². The van der Waals surface area contributed by atoms with Crippen molar-refractivity contribution >= 4 is 23.2 Å². The van der Waals surface area contributed by atoms with E-state index in [-0.39, 0.29) is 6.04 Å². The fourth-order valence-electron chi connectivity index (χ4n) is 2.46. The normalized spacial score (nSPS) is 12.9. The van der Waals surface area contributed by atoms with Crippen LogP contribution in [0.15, 0.2) is 18.2 Å². The number of hydrogen-bond donors (Lipinski definition) is 1. The van der Waals surface area contributed by atoms with Crippen molar-refractivity contribution < 1.29 is 0 Å². The molecule has 1 rings (SSSR count). The summed E-state index contributed by atoms with van der Waals surface area (Å²) in [5.74, 6) is 0. The summed E-state index contributed by atoms with van der Waals surface area (Å²) in [7, 11) is 0. The lowest BCUT2D eigenvalue weighted by Gasteiger charge is -2.25. The summed E-state index contributed by atoms with van der Waals surface area (Å²) in [6, 6.07) is 6.14. The zero-order valence-electron chi connectivity index (χ0n) is 12.8. The van der Waals surface area contributed by atoms with Crippen molar-refractivity contribution in [2.24, 2.45) is 0 Å². The van der Waals surface area contributed by atoms with E-state index < -0.39 is 0 Å². The first-order valence-corrected chi connectivity index (χ1v) is 8.29. The van der Waals surface area contributed by atoms with Crippen LogP contribution in [0, 0.1) is 0 Å². The van der Waals surface area contributed by atoms with Crippen molar-refractivity contribution in [2.45, 2.75) is 39.7 Å². The van der Waals surface area contributed by atoms with Crippen LogP contribution in [0.25, 0.3) is 0 Å². The molecule has 1 aromatic rings. The topological polar surface area (TPSA) is 15.3 Å². The summed E-state index contributed by atoms with van der Waals surface area (Å²) in [5, 5.41) is 4.83. The van der Waals surface area contributed by atoms with Crippen LogP contribution < -0.4 is 5.32 Å². The zero-order chi connectivity index (χ0) is 15.0. The highest BCUT2D eigenvalue weighted by Crippen LogP contribution is 2.31. The van der Waals surface area contributed by atoms with Gasteiger partial charge in [0, 0.05) is 6.04 Å². The molecule has 0 aromatic heterocycles. The maximum atomic E-state index is 6.35. The molecule has 2 nitrogen and oxygen atoms in total. The van der Waals surface area contributed by atoms with Gasteiger partial charge in [-0.15, -0.1) is 0 Å². The van der Waals surface area contributed by atoms with Gasteiger partial charge in [0.2, 0.25) is 0 Å². The molecule has 20 heavy (non-hydrogen) atoms. The third-order valence-corrected chi connectivity index (χ3v) is 4.36. The average Bonchev–Trinajstić information content (AvgIpc) is 2.45. The Hall–Kier alpha value is -0.280. The van der Waals surface area contributed by atoms with Gasteiger partial charge in [-0.05, 0) is 50.7 Å². The molecule has 0 amide bonds. The van der Waals surface area contributed by atoms with Crippen LogP contribution in [0.1, 0.15) is 45.2 Å². The van der Waals surface area contributed by atoms with Gasteiger partial charge in [-0.1, -0.05) is 56.1 Å². The monoisotopic (exact) mass is 316 g/mol. The Bertz CT molecular complexity index is 396. The van der Waals surface area contributed by atoms with E-state index in [2.05, 4.69) is 37.1 Å². The third-order valence-electron chi connectivity index (χ3n) is 3.53. The second-order valence-corrected chi connectivity index (χ2v) is 5.76. The van der Waals surface area contributed by atoms with Crippen molar-refractivity contribution in [2.75, 3.05) is 26.2 Å². The minimum atomic E-state index is 0.261. The summed E-state index contributed by atoms with van der Waals surface area (Å²) in [4.78, 5) is 2.47. The number of nitrogens with one attached hydrogen (secondary N) is 1. The van der Waals surface area contributed by atoms with Crippen molar-refractivity contribution in [1.82, 2.24) is 10.2 Å². The number of nitrogens with zero attached hydrogens (tertiary/aromatic N) is 1. The molecule has 114 valence electrons. The quantitative estimate of drug-likeness (QED) is 0.706. The fourth-order valence-corrected chi connectivity index (χ4v) is 2.90. The van der Waals surface area contributed by atoms with E-state index in [4.69, 9.17) is 23.2 Å². The Morgan fingerprint density at radius 3 is 2.50 bits per heavy atom. The van der Waals surface area contributed by atoms with E-state index in [1.54, 1.807) is 0 Å². The summed E-state index contributed by atoms with van der Waals surface area (Å²) >= 11 is 12.5. The molecule has 0 saturated carbocycles.